The van der Waals surface area contributed by atoms with Crippen molar-refractivity contribution < 1.29 is 4.74 Å². The molecule has 0 aliphatic carbocycles. The van der Waals surface area contributed by atoms with Crippen molar-refractivity contribution in [1.29, 1.82) is 0 Å². The van der Waals surface area contributed by atoms with Crippen LogP contribution in [0.2, 0.25) is 0 Å². The number of hydrogen-bond donors (Lipinski definition) is 1. The third-order valence-electron chi connectivity index (χ3n) is 2.59. The zero-order valence-electron chi connectivity index (χ0n) is 9.89. The third kappa shape index (κ3) is 2.82. The van der Waals surface area contributed by atoms with Crippen LogP contribution in [0.1, 0.15) is 18.1 Å². The van der Waals surface area contributed by atoms with Crippen LogP contribution in [0.15, 0.2) is 42.6 Å². The maximum atomic E-state index is 5.75. The van der Waals surface area contributed by atoms with Gasteiger partial charge in [-0.25, -0.2) is 4.98 Å². The molecule has 3 heteroatoms. The van der Waals surface area contributed by atoms with Crippen molar-refractivity contribution in [3.05, 3.63) is 53.7 Å². The van der Waals surface area contributed by atoms with Crippen molar-refractivity contribution in [1.82, 2.24) is 4.98 Å². The molecule has 2 aromatic rings. The molecule has 0 amide bonds. The van der Waals surface area contributed by atoms with Crippen LogP contribution in [0.3, 0.4) is 0 Å². The van der Waals surface area contributed by atoms with Crippen LogP contribution in [-0.4, -0.2) is 4.98 Å². The fourth-order valence-electron chi connectivity index (χ4n) is 1.61. The lowest BCUT2D eigenvalue weighted by Crippen LogP contribution is -2.00. The quantitative estimate of drug-likeness (QED) is 0.875. The van der Waals surface area contributed by atoms with Gasteiger partial charge >= 0.3 is 0 Å². The van der Waals surface area contributed by atoms with Gasteiger partial charge in [-0.05, 0) is 30.2 Å². The molecule has 0 bridgehead atoms. The van der Waals surface area contributed by atoms with Gasteiger partial charge in [-0.1, -0.05) is 25.1 Å². The molecule has 0 atom stereocenters. The molecule has 0 aliphatic rings. The van der Waals surface area contributed by atoms with Crippen LogP contribution < -0.4 is 10.5 Å². The van der Waals surface area contributed by atoms with Crippen molar-refractivity contribution in [3.8, 4) is 11.6 Å². The minimum absolute atomic E-state index is 0.427. The first-order chi connectivity index (χ1) is 8.33. The average Bonchev–Trinajstić information content (AvgIpc) is 2.39. The van der Waals surface area contributed by atoms with Crippen molar-refractivity contribution in [2.75, 3.05) is 0 Å². The summed E-state index contributed by atoms with van der Waals surface area (Å²) in [5, 5.41) is 0. The molecule has 2 rings (SSSR count). The lowest BCUT2D eigenvalue weighted by molar-refractivity contribution is 0.456. The van der Waals surface area contributed by atoms with E-state index in [0.717, 1.165) is 17.7 Å². The zero-order valence-corrected chi connectivity index (χ0v) is 9.89. The Morgan fingerprint density at radius 3 is 2.88 bits per heavy atom. The highest BCUT2D eigenvalue weighted by molar-refractivity contribution is 5.34. The molecule has 1 heterocycles. The molecule has 2 N–H and O–H groups in total. The smallest absolute Gasteiger partial charge is 0.223 e. The van der Waals surface area contributed by atoms with Gasteiger partial charge in [0.15, 0.2) is 0 Å². The minimum atomic E-state index is 0.427. The predicted octanol–water partition coefficient (Wildman–Crippen LogP) is 2.89. The summed E-state index contributed by atoms with van der Waals surface area (Å²) in [5.74, 6) is 1.39. The summed E-state index contributed by atoms with van der Waals surface area (Å²) in [6.45, 7) is 2.54. The first-order valence-corrected chi connectivity index (χ1v) is 5.74. The average molecular weight is 228 g/mol. The van der Waals surface area contributed by atoms with Crippen LogP contribution in [0.25, 0.3) is 0 Å². The second-order valence-electron chi connectivity index (χ2n) is 3.77. The summed E-state index contributed by atoms with van der Waals surface area (Å²) < 4.78 is 5.75. The number of benzene rings is 1. The maximum absolute atomic E-state index is 5.75. The van der Waals surface area contributed by atoms with E-state index in [9.17, 15) is 0 Å². The number of aromatic nitrogens is 1. The van der Waals surface area contributed by atoms with Crippen LogP contribution in [0.5, 0.6) is 11.6 Å². The van der Waals surface area contributed by atoms with E-state index in [1.807, 2.05) is 30.3 Å². The van der Waals surface area contributed by atoms with Gasteiger partial charge in [-0.15, -0.1) is 0 Å². The van der Waals surface area contributed by atoms with Crippen LogP contribution in [-0.2, 0) is 13.0 Å². The number of nitrogens with zero attached hydrogens (tertiary/aromatic N) is 1. The molecule has 17 heavy (non-hydrogen) atoms. The monoisotopic (exact) mass is 228 g/mol. The molecule has 0 spiro atoms. The molecule has 0 saturated heterocycles. The van der Waals surface area contributed by atoms with E-state index in [-0.39, 0.29) is 0 Å². The van der Waals surface area contributed by atoms with Crippen molar-refractivity contribution in [3.63, 3.8) is 0 Å². The van der Waals surface area contributed by atoms with Gasteiger partial charge in [0.25, 0.3) is 0 Å². The Morgan fingerprint density at radius 1 is 1.24 bits per heavy atom. The fourth-order valence-corrected chi connectivity index (χ4v) is 1.61. The first kappa shape index (κ1) is 11.6. The molecule has 3 nitrogen and oxygen atoms in total. The van der Waals surface area contributed by atoms with Crippen LogP contribution >= 0.6 is 0 Å². The molecule has 1 aromatic carbocycles. The standard InChI is InChI=1S/C14H16N2O/c1-2-11-5-3-7-13(9-11)17-14-12(10-15)6-4-8-16-14/h3-9H,2,10,15H2,1H3. The van der Waals surface area contributed by atoms with E-state index in [2.05, 4.69) is 18.0 Å². The summed E-state index contributed by atoms with van der Waals surface area (Å²) in [4.78, 5) is 4.20. The lowest BCUT2D eigenvalue weighted by atomic mass is 10.2. The van der Waals surface area contributed by atoms with E-state index >= 15 is 0 Å². The zero-order chi connectivity index (χ0) is 12.1. The lowest BCUT2D eigenvalue weighted by Gasteiger charge is -2.09. The van der Waals surface area contributed by atoms with Crippen molar-refractivity contribution >= 4 is 0 Å². The summed E-state index contributed by atoms with van der Waals surface area (Å²) >= 11 is 0. The normalized spacial score (nSPS) is 10.2. The molecule has 0 aliphatic heterocycles. The summed E-state index contributed by atoms with van der Waals surface area (Å²) in [6, 6.07) is 11.8. The summed E-state index contributed by atoms with van der Waals surface area (Å²) in [7, 11) is 0. The Balaban J connectivity index is 2.24. The van der Waals surface area contributed by atoms with E-state index in [1.165, 1.54) is 5.56 Å². The molecule has 1 aromatic heterocycles. The largest absolute Gasteiger partial charge is 0.439 e. The Hall–Kier alpha value is -1.87. The number of pyridine rings is 1. The van der Waals surface area contributed by atoms with Gasteiger partial charge in [0.1, 0.15) is 5.75 Å². The van der Waals surface area contributed by atoms with E-state index in [1.54, 1.807) is 6.20 Å². The van der Waals surface area contributed by atoms with Gasteiger partial charge in [0.05, 0.1) is 0 Å². The minimum Gasteiger partial charge on any atom is -0.439 e. The second-order valence-corrected chi connectivity index (χ2v) is 3.77. The molecular weight excluding hydrogens is 212 g/mol. The highest BCUT2D eigenvalue weighted by Gasteiger charge is 2.04. The highest BCUT2D eigenvalue weighted by Crippen LogP contribution is 2.23. The molecular formula is C14H16N2O. The number of rotatable bonds is 4. The fraction of sp³-hybridized carbons (Fsp3) is 0.214. The number of ether oxygens (including phenoxy) is 1. The highest BCUT2D eigenvalue weighted by atomic mass is 16.5. The number of hydrogen-bond acceptors (Lipinski definition) is 3. The van der Waals surface area contributed by atoms with E-state index in [4.69, 9.17) is 10.5 Å². The van der Waals surface area contributed by atoms with Crippen molar-refractivity contribution in [2.24, 2.45) is 5.73 Å². The third-order valence-corrected chi connectivity index (χ3v) is 2.59. The second kappa shape index (κ2) is 5.46. The van der Waals surface area contributed by atoms with Gasteiger partial charge in [0, 0.05) is 18.3 Å². The van der Waals surface area contributed by atoms with Gasteiger partial charge in [-0.3, -0.25) is 0 Å². The predicted molar refractivity (Wildman–Crippen MR) is 68.0 cm³/mol. The molecule has 0 radical (unpaired) electrons. The molecule has 0 unspecified atom stereocenters. The summed E-state index contributed by atoms with van der Waals surface area (Å²) in [5.41, 5.74) is 7.80. The Bertz CT molecular complexity index is 497. The Kier molecular flexibility index (Phi) is 3.73. The molecule has 88 valence electrons. The van der Waals surface area contributed by atoms with E-state index < -0.39 is 0 Å². The van der Waals surface area contributed by atoms with Crippen molar-refractivity contribution in [2.45, 2.75) is 19.9 Å². The first-order valence-electron chi connectivity index (χ1n) is 5.74. The van der Waals surface area contributed by atoms with E-state index in [0.29, 0.717) is 12.4 Å². The van der Waals surface area contributed by atoms with Gasteiger partial charge in [-0.2, -0.15) is 0 Å². The maximum Gasteiger partial charge on any atom is 0.223 e. The number of aryl methyl sites for hydroxylation is 1. The van der Waals surface area contributed by atoms with Crippen LogP contribution in [0.4, 0.5) is 0 Å². The SMILES string of the molecule is CCc1cccc(Oc2ncccc2CN)c1. The van der Waals surface area contributed by atoms with Gasteiger partial charge < -0.3 is 10.5 Å². The topological polar surface area (TPSA) is 48.1 Å². The Morgan fingerprint density at radius 2 is 2.12 bits per heavy atom. The summed E-state index contributed by atoms with van der Waals surface area (Å²) in [6.07, 6.45) is 2.70. The number of nitrogens with two attached hydrogens (primary N) is 1. The Labute approximate surface area is 101 Å². The van der Waals surface area contributed by atoms with Gasteiger partial charge in [0.2, 0.25) is 5.88 Å². The van der Waals surface area contributed by atoms with Crippen LogP contribution in [0, 0.1) is 0 Å². The molecule has 0 fully saturated rings. The molecule has 0 saturated carbocycles.